The average Bonchev–Trinajstić information content (AvgIpc) is 2.68. The van der Waals surface area contributed by atoms with Crippen LogP contribution in [0.15, 0.2) is 24.3 Å². The topological polar surface area (TPSA) is 55.1 Å². The third kappa shape index (κ3) is 3.87. The number of carbonyl (C=O) groups is 1. The molecule has 5 heteroatoms. The van der Waals surface area contributed by atoms with Crippen LogP contribution in [0.5, 0.6) is 0 Å². The highest BCUT2D eigenvalue weighted by atomic mass is 35.5. The smallest absolute Gasteiger partial charge is 0.227 e. The van der Waals surface area contributed by atoms with Crippen LogP contribution in [0, 0.1) is 5.92 Å². The summed E-state index contributed by atoms with van der Waals surface area (Å²) in [5.74, 6) is 0.126. The van der Waals surface area contributed by atoms with Crippen LogP contribution >= 0.6 is 24.0 Å². The summed E-state index contributed by atoms with van der Waals surface area (Å²) in [6, 6.07) is 7.31. The van der Waals surface area contributed by atoms with E-state index in [1.807, 2.05) is 0 Å². The van der Waals surface area contributed by atoms with E-state index < -0.39 is 0 Å². The molecule has 0 heterocycles. The molecule has 0 aromatic heterocycles. The summed E-state index contributed by atoms with van der Waals surface area (Å²) in [7, 11) is 0. The van der Waals surface area contributed by atoms with E-state index in [4.69, 9.17) is 17.3 Å². The Morgan fingerprint density at radius 2 is 1.94 bits per heavy atom. The second kappa shape index (κ2) is 6.24. The number of nitrogens with two attached hydrogens (primary N) is 1. The molecule has 0 saturated heterocycles. The van der Waals surface area contributed by atoms with Gasteiger partial charge in [-0.1, -0.05) is 11.6 Å². The van der Waals surface area contributed by atoms with Crippen LogP contribution < -0.4 is 11.1 Å². The zero-order valence-electron chi connectivity index (χ0n) is 9.36. The van der Waals surface area contributed by atoms with Crippen LogP contribution in [0.2, 0.25) is 5.02 Å². The van der Waals surface area contributed by atoms with Gasteiger partial charge in [0, 0.05) is 22.7 Å². The van der Waals surface area contributed by atoms with Crippen LogP contribution in [0.25, 0.3) is 0 Å². The van der Waals surface area contributed by atoms with Crippen LogP contribution in [-0.2, 0) is 4.79 Å². The van der Waals surface area contributed by atoms with Crippen LogP contribution in [0.3, 0.4) is 0 Å². The maximum absolute atomic E-state index is 11.8. The molecule has 17 heavy (non-hydrogen) atoms. The summed E-state index contributed by atoms with van der Waals surface area (Å²) in [4.78, 5) is 11.8. The van der Waals surface area contributed by atoms with Gasteiger partial charge in [-0.25, -0.2) is 0 Å². The van der Waals surface area contributed by atoms with Gasteiger partial charge in [-0.3, -0.25) is 4.79 Å². The third-order valence-corrected chi connectivity index (χ3v) is 3.21. The Balaban J connectivity index is 0.00000144. The van der Waals surface area contributed by atoms with Crippen molar-refractivity contribution in [2.45, 2.75) is 25.3 Å². The van der Waals surface area contributed by atoms with Crippen molar-refractivity contribution in [3.05, 3.63) is 29.3 Å². The SMILES string of the molecule is Cl.NC1CCC(C(=O)Nc2ccc(Cl)cc2)C1. The van der Waals surface area contributed by atoms with Gasteiger partial charge in [0.15, 0.2) is 0 Å². The summed E-state index contributed by atoms with van der Waals surface area (Å²) in [5.41, 5.74) is 6.57. The fourth-order valence-electron chi connectivity index (χ4n) is 2.03. The maximum Gasteiger partial charge on any atom is 0.227 e. The molecule has 1 aliphatic rings. The van der Waals surface area contributed by atoms with Gasteiger partial charge in [0.05, 0.1) is 0 Å². The molecular formula is C12H16Cl2N2O. The zero-order valence-corrected chi connectivity index (χ0v) is 10.9. The highest BCUT2D eigenvalue weighted by Gasteiger charge is 2.27. The molecule has 2 rings (SSSR count). The van der Waals surface area contributed by atoms with E-state index in [1.54, 1.807) is 24.3 Å². The summed E-state index contributed by atoms with van der Waals surface area (Å²) in [5, 5.41) is 3.55. The minimum Gasteiger partial charge on any atom is -0.328 e. The predicted octanol–water partition coefficient (Wildman–Crippen LogP) is 2.83. The van der Waals surface area contributed by atoms with Gasteiger partial charge in [-0.15, -0.1) is 12.4 Å². The fraction of sp³-hybridized carbons (Fsp3) is 0.417. The molecule has 0 bridgehead atoms. The lowest BCUT2D eigenvalue weighted by molar-refractivity contribution is -0.119. The Morgan fingerprint density at radius 3 is 2.47 bits per heavy atom. The molecule has 94 valence electrons. The molecular weight excluding hydrogens is 259 g/mol. The Bertz CT molecular complexity index is 381. The first kappa shape index (κ1) is 14.3. The van der Waals surface area contributed by atoms with Crippen LogP contribution in [0.1, 0.15) is 19.3 Å². The van der Waals surface area contributed by atoms with Crippen molar-refractivity contribution in [2.75, 3.05) is 5.32 Å². The van der Waals surface area contributed by atoms with Gasteiger partial charge < -0.3 is 11.1 Å². The number of nitrogens with one attached hydrogen (secondary N) is 1. The second-order valence-corrected chi connectivity index (χ2v) is 4.70. The first-order chi connectivity index (χ1) is 7.65. The molecule has 1 aromatic carbocycles. The van der Waals surface area contributed by atoms with Crippen molar-refractivity contribution in [1.82, 2.24) is 0 Å². The first-order valence-corrected chi connectivity index (χ1v) is 5.85. The molecule has 1 saturated carbocycles. The molecule has 1 aliphatic carbocycles. The lowest BCUT2D eigenvalue weighted by Gasteiger charge is -2.10. The van der Waals surface area contributed by atoms with Crippen molar-refractivity contribution in [3.63, 3.8) is 0 Å². The van der Waals surface area contributed by atoms with E-state index in [9.17, 15) is 4.79 Å². The van der Waals surface area contributed by atoms with Gasteiger partial charge in [-0.2, -0.15) is 0 Å². The summed E-state index contributed by atoms with van der Waals surface area (Å²) >= 11 is 5.77. The van der Waals surface area contributed by atoms with E-state index >= 15 is 0 Å². The predicted molar refractivity (Wildman–Crippen MR) is 72.6 cm³/mol. The minimum absolute atomic E-state index is 0. The molecule has 3 N–H and O–H groups in total. The third-order valence-electron chi connectivity index (χ3n) is 2.96. The number of benzene rings is 1. The number of hydrogen-bond donors (Lipinski definition) is 2. The van der Waals surface area contributed by atoms with Crippen molar-refractivity contribution in [3.8, 4) is 0 Å². The second-order valence-electron chi connectivity index (χ2n) is 4.27. The van der Waals surface area contributed by atoms with Crippen LogP contribution in [0.4, 0.5) is 5.69 Å². The van der Waals surface area contributed by atoms with Crippen molar-refractivity contribution in [2.24, 2.45) is 11.7 Å². The largest absolute Gasteiger partial charge is 0.328 e. The molecule has 2 atom stereocenters. The van der Waals surface area contributed by atoms with Crippen molar-refractivity contribution < 1.29 is 4.79 Å². The number of amides is 1. The van der Waals surface area contributed by atoms with Crippen molar-refractivity contribution >= 4 is 35.6 Å². The summed E-state index contributed by atoms with van der Waals surface area (Å²) < 4.78 is 0. The number of anilines is 1. The van der Waals surface area contributed by atoms with E-state index in [-0.39, 0.29) is 30.3 Å². The number of halogens is 2. The number of carbonyl (C=O) groups excluding carboxylic acids is 1. The summed E-state index contributed by atoms with van der Waals surface area (Å²) in [6.07, 6.45) is 2.62. The highest BCUT2D eigenvalue weighted by molar-refractivity contribution is 6.30. The molecule has 3 nitrogen and oxygen atoms in total. The molecule has 1 aromatic rings. The standard InChI is InChI=1S/C12H15ClN2O.ClH/c13-9-2-5-11(6-3-9)15-12(16)8-1-4-10(14)7-8;/h2-3,5-6,8,10H,1,4,7,14H2,(H,15,16);1H. The maximum atomic E-state index is 11.8. The lowest BCUT2D eigenvalue weighted by atomic mass is 10.1. The zero-order chi connectivity index (χ0) is 11.5. The molecule has 2 unspecified atom stereocenters. The quantitative estimate of drug-likeness (QED) is 0.872. The van der Waals surface area contributed by atoms with Gasteiger partial charge in [0.1, 0.15) is 0 Å². The molecule has 1 amide bonds. The highest BCUT2D eigenvalue weighted by Crippen LogP contribution is 2.25. The Kier molecular flexibility index (Phi) is 5.25. The summed E-state index contributed by atoms with van der Waals surface area (Å²) in [6.45, 7) is 0. The Labute approximate surface area is 112 Å². The van der Waals surface area contributed by atoms with E-state index in [0.717, 1.165) is 24.9 Å². The monoisotopic (exact) mass is 274 g/mol. The number of hydrogen-bond acceptors (Lipinski definition) is 2. The lowest BCUT2D eigenvalue weighted by Crippen LogP contribution is -2.23. The van der Waals surface area contributed by atoms with E-state index in [2.05, 4.69) is 5.32 Å². The van der Waals surface area contributed by atoms with E-state index in [1.165, 1.54) is 0 Å². The Hall–Kier alpha value is -0.770. The molecule has 0 aliphatic heterocycles. The van der Waals surface area contributed by atoms with Gasteiger partial charge in [0.25, 0.3) is 0 Å². The van der Waals surface area contributed by atoms with Gasteiger partial charge in [-0.05, 0) is 43.5 Å². The van der Waals surface area contributed by atoms with Gasteiger partial charge >= 0.3 is 0 Å². The fourth-order valence-corrected chi connectivity index (χ4v) is 2.16. The first-order valence-electron chi connectivity index (χ1n) is 5.47. The molecule has 0 radical (unpaired) electrons. The normalized spacial score (nSPS) is 22.9. The number of rotatable bonds is 2. The van der Waals surface area contributed by atoms with Crippen LogP contribution in [-0.4, -0.2) is 11.9 Å². The minimum atomic E-state index is 0. The van der Waals surface area contributed by atoms with Crippen molar-refractivity contribution in [1.29, 1.82) is 0 Å². The average molecular weight is 275 g/mol. The van der Waals surface area contributed by atoms with Gasteiger partial charge in [0.2, 0.25) is 5.91 Å². The Morgan fingerprint density at radius 1 is 1.29 bits per heavy atom. The molecule has 0 spiro atoms. The molecule has 1 fully saturated rings. The van der Waals surface area contributed by atoms with E-state index in [0.29, 0.717) is 5.02 Å².